The Morgan fingerprint density at radius 3 is 2.17 bits per heavy atom. The zero-order valence-electron chi connectivity index (χ0n) is 17.0. The standard InChI is InChI=1S/C20H29NO2.C2H2O4/c1-2-21-14-13-18(16-9-5-3-6-10-16)19(15-21)20(22)23-17-11-7-4-8-12-17;3-1(4)2(5)6/h3,5-6,9-10,17-19H,2,4,7-8,11-15H2,1H3;(H,3,4)(H,5,6)/t18-,19+;/m0./s1. The Balaban J connectivity index is 0.000000438. The van der Waals surface area contributed by atoms with E-state index in [0.717, 1.165) is 38.9 Å². The van der Waals surface area contributed by atoms with Gasteiger partial charge in [-0.15, -0.1) is 0 Å². The number of benzene rings is 1. The number of likely N-dealkylation sites (tertiary alicyclic amines) is 1. The molecule has 2 atom stereocenters. The first-order valence-corrected chi connectivity index (χ1v) is 10.4. The molecule has 1 saturated heterocycles. The van der Waals surface area contributed by atoms with Gasteiger partial charge in [0.05, 0.1) is 5.92 Å². The maximum Gasteiger partial charge on any atom is 0.414 e. The summed E-state index contributed by atoms with van der Waals surface area (Å²) in [6.07, 6.45) is 6.98. The molecule has 1 saturated carbocycles. The van der Waals surface area contributed by atoms with E-state index in [-0.39, 0.29) is 18.0 Å². The number of carbonyl (C=O) groups excluding carboxylic acids is 1. The smallest absolute Gasteiger partial charge is 0.414 e. The lowest BCUT2D eigenvalue weighted by Crippen LogP contribution is -2.44. The maximum absolute atomic E-state index is 12.9. The van der Waals surface area contributed by atoms with E-state index in [9.17, 15) is 4.79 Å². The van der Waals surface area contributed by atoms with Crippen LogP contribution in [0, 0.1) is 5.92 Å². The number of carboxylic acid groups (broad SMARTS) is 2. The fraction of sp³-hybridized carbons (Fsp3) is 0.591. The van der Waals surface area contributed by atoms with E-state index in [1.807, 2.05) is 6.07 Å². The molecule has 2 fully saturated rings. The Morgan fingerprint density at radius 1 is 1.00 bits per heavy atom. The second-order valence-electron chi connectivity index (χ2n) is 7.61. The lowest BCUT2D eigenvalue weighted by atomic mass is 9.80. The minimum Gasteiger partial charge on any atom is -0.473 e. The minimum atomic E-state index is -1.82. The number of rotatable bonds is 4. The van der Waals surface area contributed by atoms with Gasteiger partial charge in [0.15, 0.2) is 0 Å². The summed E-state index contributed by atoms with van der Waals surface area (Å²) >= 11 is 0. The number of carboxylic acids is 2. The molecule has 0 bridgehead atoms. The second kappa shape index (κ2) is 11.6. The van der Waals surface area contributed by atoms with Crippen molar-refractivity contribution in [2.45, 2.75) is 57.5 Å². The van der Waals surface area contributed by atoms with Crippen molar-refractivity contribution < 1.29 is 29.3 Å². The van der Waals surface area contributed by atoms with Crippen LogP contribution >= 0.6 is 0 Å². The molecular formula is C22H31NO6. The zero-order valence-corrected chi connectivity index (χ0v) is 17.0. The number of carbonyl (C=O) groups is 3. The molecule has 0 radical (unpaired) electrons. The lowest BCUT2D eigenvalue weighted by Gasteiger charge is -2.38. The number of nitrogens with zero attached hydrogens (tertiary/aromatic N) is 1. The topological polar surface area (TPSA) is 104 Å². The molecule has 0 aromatic heterocycles. The fourth-order valence-electron chi connectivity index (χ4n) is 4.08. The Bertz CT molecular complexity index is 659. The number of aliphatic carboxylic acids is 2. The van der Waals surface area contributed by atoms with Crippen molar-refractivity contribution >= 4 is 17.9 Å². The van der Waals surface area contributed by atoms with Crippen LogP contribution in [0.2, 0.25) is 0 Å². The van der Waals surface area contributed by atoms with Gasteiger partial charge in [-0.25, -0.2) is 9.59 Å². The highest BCUT2D eigenvalue weighted by Gasteiger charge is 2.36. The monoisotopic (exact) mass is 405 g/mol. The van der Waals surface area contributed by atoms with Gasteiger partial charge in [0.2, 0.25) is 0 Å². The third-order valence-electron chi connectivity index (χ3n) is 5.69. The Morgan fingerprint density at radius 2 is 1.62 bits per heavy atom. The van der Waals surface area contributed by atoms with E-state index in [2.05, 4.69) is 36.1 Å². The quantitative estimate of drug-likeness (QED) is 0.586. The second-order valence-corrected chi connectivity index (χ2v) is 7.61. The molecule has 1 aromatic carbocycles. The number of ether oxygens (including phenoxy) is 1. The summed E-state index contributed by atoms with van der Waals surface area (Å²) in [4.78, 5) is 33.4. The van der Waals surface area contributed by atoms with Crippen molar-refractivity contribution in [1.29, 1.82) is 0 Å². The molecule has 160 valence electrons. The van der Waals surface area contributed by atoms with Gasteiger partial charge in [0, 0.05) is 6.54 Å². The zero-order chi connectivity index (χ0) is 21.2. The summed E-state index contributed by atoms with van der Waals surface area (Å²) in [5.41, 5.74) is 1.29. The summed E-state index contributed by atoms with van der Waals surface area (Å²) in [6.45, 7) is 5.09. The van der Waals surface area contributed by atoms with Crippen LogP contribution in [0.15, 0.2) is 30.3 Å². The van der Waals surface area contributed by atoms with Gasteiger partial charge in [0.1, 0.15) is 6.10 Å². The Hall–Kier alpha value is -2.41. The number of piperidine rings is 1. The first-order chi connectivity index (χ1) is 13.9. The van der Waals surface area contributed by atoms with E-state index >= 15 is 0 Å². The van der Waals surface area contributed by atoms with Crippen LogP contribution in [0.25, 0.3) is 0 Å². The van der Waals surface area contributed by atoms with E-state index in [0.29, 0.717) is 5.92 Å². The maximum atomic E-state index is 12.9. The molecule has 0 unspecified atom stereocenters. The summed E-state index contributed by atoms with van der Waals surface area (Å²) < 4.78 is 5.91. The summed E-state index contributed by atoms with van der Waals surface area (Å²) in [5.74, 6) is -3.34. The third-order valence-corrected chi connectivity index (χ3v) is 5.69. The fourth-order valence-corrected chi connectivity index (χ4v) is 4.08. The molecule has 1 aliphatic carbocycles. The highest BCUT2D eigenvalue weighted by atomic mass is 16.5. The van der Waals surface area contributed by atoms with Crippen molar-refractivity contribution in [1.82, 2.24) is 4.90 Å². The molecule has 3 rings (SSSR count). The molecule has 7 nitrogen and oxygen atoms in total. The highest BCUT2D eigenvalue weighted by Crippen LogP contribution is 2.34. The molecule has 2 aliphatic rings. The number of hydrogen-bond donors (Lipinski definition) is 2. The summed E-state index contributed by atoms with van der Waals surface area (Å²) in [6, 6.07) is 10.5. The molecule has 29 heavy (non-hydrogen) atoms. The van der Waals surface area contributed by atoms with Gasteiger partial charge in [0.25, 0.3) is 0 Å². The van der Waals surface area contributed by atoms with Gasteiger partial charge >= 0.3 is 17.9 Å². The highest BCUT2D eigenvalue weighted by molar-refractivity contribution is 6.27. The van der Waals surface area contributed by atoms with Crippen molar-refractivity contribution in [3.8, 4) is 0 Å². The molecule has 1 aromatic rings. The van der Waals surface area contributed by atoms with Crippen LogP contribution in [0.1, 0.15) is 56.9 Å². The molecule has 1 heterocycles. The minimum absolute atomic E-state index is 0.0203. The molecule has 1 aliphatic heterocycles. The van der Waals surface area contributed by atoms with Crippen molar-refractivity contribution in [3.63, 3.8) is 0 Å². The lowest BCUT2D eigenvalue weighted by molar-refractivity contribution is -0.159. The van der Waals surface area contributed by atoms with Crippen LogP contribution in [-0.4, -0.2) is 58.8 Å². The number of hydrogen-bond acceptors (Lipinski definition) is 5. The molecule has 0 amide bonds. The normalized spacial score (nSPS) is 22.8. The van der Waals surface area contributed by atoms with E-state index < -0.39 is 11.9 Å². The van der Waals surface area contributed by atoms with Crippen LogP contribution in [0.3, 0.4) is 0 Å². The predicted molar refractivity (Wildman–Crippen MR) is 108 cm³/mol. The van der Waals surface area contributed by atoms with Gasteiger partial charge in [-0.05, 0) is 56.7 Å². The van der Waals surface area contributed by atoms with Crippen molar-refractivity contribution in [2.24, 2.45) is 5.92 Å². The molecule has 7 heteroatoms. The van der Waals surface area contributed by atoms with E-state index in [1.54, 1.807) is 0 Å². The van der Waals surface area contributed by atoms with Crippen molar-refractivity contribution in [3.05, 3.63) is 35.9 Å². The van der Waals surface area contributed by atoms with Crippen LogP contribution in [-0.2, 0) is 19.1 Å². The van der Waals surface area contributed by atoms with Crippen LogP contribution in [0.4, 0.5) is 0 Å². The molecule has 0 spiro atoms. The summed E-state index contributed by atoms with van der Waals surface area (Å²) in [5, 5.41) is 14.8. The molecular weight excluding hydrogens is 374 g/mol. The predicted octanol–water partition coefficient (Wildman–Crippen LogP) is 3.14. The first-order valence-electron chi connectivity index (χ1n) is 10.4. The first kappa shape index (κ1) is 22.9. The average molecular weight is 405 g/mol. The van der Waals surface area contributed by atoms with Gasteiger partial charge < -0.3 is 19.8 Å². The number of esters is 1. The van der Waals surface area contributed by atoms with Gasteiger partial charge in [-0.2, -0.15) is 0 Å². The Kier molecular flexibility index (Phi) is 9.12. The largest absolute Gasteiger partial charge is 0.473 e. The average Bonchev–Trinajstić information content (AvgIpc) is 2.75. The van der Waals surface area contributed by atoms with E-state index in [4.69, 9.17) is 24.5 Å². The van der Waals surface area contributed by atoms with Gasteiger partial charge in [-0.1, -0.05) is 43.7 Å². The van der Waals surface area contributed by atoms with E-state index in [1.165, 1.54) is 24.8 Å². The van der Waals surface area contributed by atoms with Crippen LogP contribution in [0.5, 0.6) is 0 Å². The van der Waals surface area contributed by atoms with Gasteiger partial charge in [-0.3, -0.25) is 4.79 Å². The molecule has 2 N–H and O–H groups in total. The Labute approximate surface area is 171 Å². The third kappa shape index (κ3) is 7.16. The van der Waals surface area contributed by atoms with Crippen LogP contribution < -0.4 is 0 Å². The summed E-state index contributed by atoms with van der Waals surface area (Å²) in [7, 11) is 0. The van der Waals surface area contributed by atoms with Crippen molar-refractivity contribution in [2.75, 3.05) is 19.6 Å². The SMILES string of the molecule is CCN1CC[C@@H](c2ccccc2)[C@H](C(=O)OC2CCCCC2)C1.O=C(O)C(=O)O.